The lowest BCUT2D eigenvalue weighted by atomic mass is 9.88. The molecule has 1 atom stereocenters. The number of thiophene rings is 1. The smallest absolute Gasteiger partial charge is 0.341 e. The minimum atomic E-state index is -0.374. The van der Waals surface area contributed by atoms with E-state index in [4.69, 9.17) is 16.3 Å². The van der Waals surface area contributed by atoms with E-state index < -0.39 is 0 Å². The minimum absolute atomic E-state index is 0.215. The van der Waals surface area contributed by atoms with Gasteiger partial charge in [-0.2, -0.15) is 0 Å². The quantitative estimate of drug-likeness (QED) is 0.715. The van der Waals surface area contributed by atoms with Gasteiger partial charge in [0.15, 0.2) is 0 Å². The molecule has 2 aromatic rings. The van der Waals surface area contributed by atoms with Gasteiger partial charge in [0.2, 0.25) is 0 Å². The molecular formula is C20H22ClNO3S. The summed E-state index contributed by atoms with van der Waals surface area (Å²) in [4.78, 5) is 26.5. The number of ether oxygens (including phenoxy) is 1. The Kier molecular flexibility index (Phi) is 5.68. The number of esters is 1. The van der Waals surface area contributed by atoms with Crippen LogP contribution in [0.25, 0.3) is 0 Å². The lowest BCUT2D eigenvalue weighted by Crippen LogP contribution is -2.18. The second-order valence-corrected chi connectivity index (χ2v) is 8.46. The highest BCUT2D eigenvalue weighted by atomic mass is 35.5. The van der Waals surface area contributed by atoms with Crippen molar-refractivity contribution in [2.24, 2.45) is 5.92 Å². The molecule has 0 bridgehead atoms. The van der Waals surface area contributed by atoms with Gasteiger partial charge >= 0.3 is 5.97 Å². The van der Waals surface area contributed by atoms with E-state index in [0.29, 0.717) is 27.1 Å². The number of nitrogens with one attached hydrogen (secondary N) is 1. The molecule has 1 N–H and O–H groups in total. The van der Waals surface area contributed by atoms with Crippen LogP contribution in [-0.4, -0.2) is 18.0 Å². The van der Waals surface area contributed by atoms with Crippen LogP contribution in [0, 0.1) is 5.92 Å². The highest BCUT2D eigenvalue weighted by Gasteiger charge is 2.30. The second-order valence-electron chi connectivity index (χ2n) is 6.94. The number of rotatable bonds is 4. The Morgan fingerprint density at radius 2 is 2.04 bits per heavy atom. The average Bonchev–Trinajstić information content (AvgIpc) is 2.91. The van der Waals surface area contributed by atoms with Crippen LogP contribution in [0.5, 0.6) is 0 Å². The summed E-state index contributed by atoms with van der Waals surface area (Å²) in [6.45, 7) is 5.85. The first-order chi connectivity index (χ1) is 12.4. The number of benzene rings is 1. The van der Waals surface area contributed by atoms with E-state index in [2.05, 4.69) is 12.2 Å². The topological polar surface area (TPSA) is 55.4 Å². The fourth-order valence-electron chi connectivity index (χ4n) is 3.14. The summed E-state index contributed by atoms with van der Waals surface area (Å²) in [7, 11) is 0. The minimum Gasteiger partial charge on any atom is -0.459 e. The Hall–Kier alpha value is -1.85. The van der Waals surface area contributed by atoms with Gasteiger partial charge in [-0.3, -0.25) is 4.79 Å². The third-order valence-electron chi connectivity index (χ3n) is 4.40. The van der Waals surface area contributed by atoms with Gasteiger partial charge in [0, 0.05) is 4.88 Å². The number of carbonyl (C=O) groups is 2. The molecule has 6 heteroatoms. The summed E-state index contributed by atoms with van der Waals surface area (Å²) >= 11 is 7.60. The van der Waals surface area contributed by atoms with E-state index in [0.717, 1.165) is 29.7 Å². The molecule has 1 aromatic carbocycles. The zero-order valence-corrected chi connectivity index (χ0v) is 16.7. The van der Waals surface area contributed by atoms with Gasteiger partial charge in [0.1, 0.15) is 5.00 Å². The summed E-state index contributed by atoms with van der Waals surface area (Å²) in [6.07, 6.45) is 2.57. The largest absolute Gasteiger partial charge is 0.459 e. The van der Waals surface area contributed by atoms with Crippen LogP contribution >= 0.6 is 22.9 Å². The van der Waals surface area contributed by atoms with Crippen LogP contribution in [0.2, 0.25) is 5.02 Å². The second kappa shape index (κ2) is 7.80. The maximum absolute atomic E-state index is 12.7. The van der Waals surface area contributed by atoms with Crippen LogP contribution in [0.4, 0.5) is 5.00 Å². The average molecular weight is 392 g/mol. The van der Waals surface area contributed by atoms with Crippen molar-refractivity contribution in [3.05, 3.63) is 50.9 Å². The lowest BCUT2D eigenvalue weighted by molar-refractivity contribution is 0.0378. The first kappa shape index (κ1) is 18.9. The van der Waals surface area contributed by atoms with Crippen molar-refractivity contribution in [3.8, 4) is 0 Å². The molecule has 1 aliphatic rings. The number of fused-ring (bicyclic) bond motifs is 1. The molecule has 0 radical (unpaired) electrons. The Labute approximate surface area is 162 Å². The van der Waals surface area contributed by atoms with Gasteiger partial charge in [0.25, 0.3) is 5.91 Å². The Morgan fingerprint density at radius 3 is 2.73 bits per heavy atom. The molecule has 0 spiro atoms. The molecule has 0 aliphatic heterocycles. The molecule has 3 rings (SSSR count). The highest BCUT2D eigenvalue weighted by Crippen LogP contribution is 2.40. The molecule has 1 aliphatic carbocycles. The van der Waals surface area contributed by atoms with Gasteiger partial charge in [0.05, 0.1) is 22.3 Å². The van der Waals surface area contributed by atoms with Crippen molar-refractivity contribution in [2.45, 2.75) is 46.1 Å². The van der Waals surface area contributed by atoms with E-state index in [9.17, 15) is 9.59 Å². The van der Waals surface area contributed by atoms with E-state index >= 15 is 0 Å². The number of hydrogen-bond acceptors (Lipinski definition) is 4. The van der Waals surface area contributed by atoms with E-state index in [-0.39, 0.29) is 18.0 Å². The van der Waals surface area contributed by atoms with Gasteiger partial charge < -0.3 is 10.1 Å². The lowest BCUT2D eigenvalue weighted by Gasteiger charge is -2.18. The number of hydrogen-bond donors (Lipinski definition) is 1. The first-order valence-electron chi connectivity index (χ1n) is 8.78. The monoisotopic (exact) mass is 391 g/mol. The van der Waals surface area contributed by atoms with E-state index in [1.165, 1.54) is 11.3 Å². The standard InChI is InChI=1S/C20H22ClNO3S/c1-11(2)25-20(24)17-14-9-8-12(3)10-16(14)26-19(17)22-18(23)13-6-4-5-7-15(13)21/h4-7,11-12H,8-10H2,1-3H3,(H,22,23). The first-order valence-corrected chi connectivity index (χ1v) is 9.97. The normalized spacial score (nSPS) is 16.3. The van der Waals surface area contributed by atoms with Crippen molar-refractivity contribution in [2.75, 3.05) is 5.32 Å². The molecule has 0 saturated heterocycles. The van der Waals surface area contributed by atoms with Crippen molar-refractivity contribution in [1.29, 1.82) is 0 Å². The molecule has 1 unspecified atom stereocenters. The van der Waals surface area contributed by atoms with Crippen molar-refractivity contribution >= 4 is 39.8 Å². The molecule has 1 aromatic heterocycles. The number of halogens is 1. The molecule has 0 saturated carbocycles. The third-order valence-corrected chi connectivity index (χ3v) is 5.90. The molecule has 138 valence electrons. The predicted molar refractivity (Wildman–Crippen MR) is 105 cm³/mol. The molecule has 26 heavy (non-hydrogen) atoms. The molecule has 1 amide bonds. The number of carbonyl (C=O) groups excluding carboxylic acids is 2. The maximum atomic E-state index is 12.7. The highest BCUT2D eigenvalue weighted by molar-refractivity contribution is 7.17. The van der Waals surface area contributed by atoms with Gasteiger partial charge in [-0.1, -0.05) is 30.7 Å². The summed E-state index contributed by atoms with van der Waals surface area (Å²) in [6, 6.07) is 6.87. The van der Waals surface area contributed by atoms with Gasteiger partial charge in [-0.25, -0.2) is 4.79 Å². The van der Waals surface area contributed by atoms with Crippen LogP contribution in [0.15, 0.2) is 24.3 Å². The summed E-state index contributed by atoms with van der Waals surface area (Å²) in [5.41, 5.74) is 1.91. The Morgan fingerprint density at radius 1 is 1.31 bits per heavy atom. The summed E-state index contributed by atoms with van der Waals surface area (Å²) < 4.78 is 5.43. The fourth-order valence-corrected chi connectivity index (χ4v) is 4.76. The Balaban J connectivity index is 1.96. The van der Waals surface area contributed by atoms with Gasteiger partial charge in [-0.05, 0) is 56.7 Å². The summed E-state index contributed by atoms with van der Waals surface area (Å²) in [5, 5.41) is 3.82. The number of amides is 1. The number of anilines is 1. The SMILES string of the molecule is CC1CCc2c(sc(NC(=O)c3ccccc3Cl)c2C(=O)OC(C)C)C1. The molecule has 0 fully saturated rings. The van der Waals surface area contributed by atoms with Crippen molar-refractivity contribution in [1.82, 2.24) is 0 Å². The fraction of sp³-hybridized carbons (Fsp3) is 0.400. The molecule has 1 heterocycles. The van der Waals surface area contributed by atoms with Crippen molar-refractivity contribution in [3.63, 3.8) is 0 Å². The zero-order chi connectivity index (χ0) is 18.8. The van der Waals surface area contributed by atoms with E-state index in [1.54, 1.807) is 24.3 Å². The molecule has 4 nitrogen and oxygen atoms in total. The van der Waals surface area contributed by atoms with Crippen LogP contribution in [0.1, 0.15) is 58.3 Å². The van der Waals surface area contributed by atoms with Crippen molar-refractivity contribution < 1.29 is 14.3 Å². The van der Waals surface area contributed by atoms with Gasteiger partial charge in [-0.15, -0.1) is 11.3 Å². The zero-order valence-electron chi connectivity index (χ0n) is 15.1. The summed E-state index contributed by atoms with van der Waals surface area (Å²) in [5.74, 6) is -0.121. The predicted octanol–water partition coefficient (Wildman–Crippen LogP) is 5.34. The maximum Gasteiger partial charge on any atom is 0.341 e. The Bertz CT molecular complexity index is 844. The third kappa shape index (κ3) is 3.94. The van der Waals surface area contributed by atoms with Crippen LogP contribution < -0.4 is 5.32 Å². The van der Waals surface area contributed by atoms with Crippen LogP contribution in [-0.2, 0) is 17.6 Å². The molecular weight excluding hydrogens is 370 g/mol. The van der Waals surface area contributed by atoms with E-state index in [1.807, 2.05) is 13.8 Å². The van der Waals surface area contributed by atoms with Crippen LogP contribution in [0.3, 0.4) is 0 Å².